The number of morpholine rings is 1. The molecule has 2 aliphatic rings. The van der Waals surface area contributed by atoms with E-state index in [2.05, 4.69) is 11.3 Å². The average molecular weight is 168 g/mol. The quantitative estimate of drug-likeness (QED) is 0.588. The molecule has 0 aromatic heterocycles. The molecule has 12 heavy (non-hydrogen) atoms. The van der Waals surface area contributed by atoms with Gasteiger partial charge >= 0.3 is 0 Å². The van der Waals surface area contributed by atoms with Crippen LogP contribution in [0.2, 0.25) is 0 Å². The second-order valence-corrected chi connectivity index (χ2v) is 3.76. The van der Waals surface area contributed by atoms with Gasteiger partial charge in [0.25, 0.3) is 0 Å². The van der Waals surface area contributed by atoms with Crippen LogP contribution in [-0.2, 0) is 4.74 Å². The number of hydrogen-bond acceptors (Lipinski definition) is 2. The van der Waals surface area contributed by atoms with Gasteiger partial charge in [0.1, 0.15) is 0 Å². The van der Waals surface area contributed by atoms with Crippen molar-refractivity contribution in [2.75, 3.05) is 26.3 Å². The summed E-state index contributed by atoms with van der Waals surface area (Å²) in [6.07, 6.45) is 7.88. The number of hydrogen-bond donors (Lipinski definition) is 0. The first kappa shape index (κ1) is 8.52. The zero-order valence-corrected chi connectivity index (χ0v) is 7.67. The smallest absolute Gasteiger partial charge is 0.0594 e. The third-order valence-corrected chi connectivity index (χ3v) is 2.95. The summed E-state index contributed by atoms with van der Waals surface area (Å²) in [4.78, 5) is 2.60. The molecule has 1 unspecified atom stereocenters. The molecular formula is C10H18NO. The van der Waals surface area contributed by atoms with Crippen LogP contribution < -0.4 is 0 Å². The summed E-state index contributed by atoms with van der Waals surface area (Å²) in [6, 6.07) is 0.836. The van der Waals surface area contributed by atoms with Crippen LogP contribution in [0, 0.1) is 6.42 Å². The summed E-state index contributed by atoms with van der Waals surface area (Å²) in [6.45, 7) is 4.18. The van der Waals surface area contributed by atoms with Crippen LogP contribution in [0.25, 0.3) is 0 Å². The normalized spacial score (nSPS) is 29.0. The van der Waals surface area contributed by atoms with Gasteiger partial charge in [0.05, 0.1) is 13.2 Å². The Kier molecular flexibility index (Phi) is 3.01. The third kappa shape index (κ3) is 1.99. The van der Waals surface area contributed by atoms with E-state index in [1.165, 1.54) is 25.7 Å². The highest BCUT2D eigenvalue weighted by Gasteiger charge is 2.22. The monoisotopic (exact) mass is 168 g/mol. The Labute approximate surface area is 74.9 Å². The second-order valence-electron chi connectivity index (χ2n) is 3.76. The van der Waals surface area contributed by atoms with Gasteiger partial charge < -0.3 is 4.74 Å². The van der Waals surface area contributed by atoms with Crippen molar-refractivity contribution in [3.05, 3.63) is 6.42 Å². The lowest BCUT2D eigenvalue weighted by molar-refractivity contribution is 0.0119. The van der Waals surface area contributed by atoms with Crippen molar-refractivity contribution in [3.63, 3.8) is 0 Å². The van der Waals surface area contributed by atoms with Crippen molar-refractivity contribution in [1.29, 1.82) is 0 Å². The highest BCUT2D eigenvalue weighted by Crippen LogP contribution is 2.22. The third-order valence-electron chi connectivity index (χ3n) is 2.95. The first-order valence-electron chi connectivity index (χ1n) is 5.10. The molecule has 1 aliphatic carbocycles. The van der Waals surface area contributed by atoms with Gasteiger partial charge in [-0.15, -0.1) is 0 Å². The summed E-state index contributed by atoms with van der Waals surface area (Å²) in [7, 11) is 0. The van der Waals surface area contributed by atoms with E-state index in [1.807, 2.05) is 0 Å². The maximum absolute atomic E-state index is 5.34. The van der Waals surface area contributed by atoms with Gasteiger partial charge in [0.2, 0.25) is 0 Å². The van der Waals surface area contributed by atoms with E-state index in [9.17, 15) is 0 Å². The van der Waals surface area contributed by atoms with Gasteiger partial charge in [0, 0.05) is 19.1 Å². The van der Waals surface area contributed by atoms with Crippen molar-refractivity contribution in [2.45, 2.75) is 31.7 Å². The van der Waals surface area contributed by atoms with E-state index in [4.69, 9.17) is 4.74 Å². The molecule has 1 radical (unpaired) electrons. The molecule has 1 heterocycles. The molecule has 69 valence electrons. The molecule has 1 saturated heterocycles. The Bertz CT molecular complexity index is 110. The fourth-order valence-corrected chi connectivity index (χ4v) is 2.20. The molecule has 0 aromatic rings. The van der Waals surface area contributed by atoms with Crippen molar-refractivity contribution < 1.29 is 4.74 Å². The predicted octanol–water partition coefficient (Wildman–Crippen LogP) is 1.47. The van der Waals surface area contributed by atoms with Crippen LogP contribution in [0.1, 0.15) is 25.7 Å². The van der Waals surface area contributed by atoms with E-state index < -0.39 is 0 Å². The minimum atomic E-state index is 0.836. The lowest BCUT2D eigenvalue weighted by Gasteiger charge is -2.36. The molecule has 2 rings (SSSR count). The molecule has 2 fully saturated rings. The van der Waals surface area contributed by atoms with E-state index in [1.54, 1.807) is 0 Å². The fraction of sp³-hybridized carbons (Fsp3) is 0.900. The summed E-state index contributed by atoms with van der Waals surface area (Å²) < 4.78 is 5.34. The topological polar surface area (TPSA) is 12.5 Å². The second kappa shape index (κ2) is 4.24. The zero-order valence-electron chi connectivity index (χ0n) is 7.67. The largest absolute Gasteiger partial charge is 0.379 e. The van der Waals surface area contributed by atoms with Crippen LogP contribution in [0.3, 0.4) is 0 Å². The molecule has 0 aromatic carbocycles. The Morgan fingerprint density at radius 3 is 2.75 bits per heavy atom. The van der Waals surface area contributed by atoms with Crippen molar-refractivity contribution >= 4 is 0 Å². The lowest BCUT2D eigenvalue weighted by atomic mass is 9.94. The Balaban J connectivity index is 1.80. The van der Waals surface area contributed by atoms with Crippen LogP contribution in [0.15, 0.2) is 0 Å². The maximum Gasteiger partial charge on any atom is 0.0594 e. The fourth-order valence-electron chi connectivity index (χ4n) is 2.20. The van der Waals surface area contributed by atoms with Crippen molar-refractivity contribution in [3.8, 4) is 0 Å². The number of nitrogens with zero attached hydrogens (tertiary/aromatic N) is 1. The van der Waals surface area contributed by atoms with Crippen LogP contribution >= 0.6 is 0 Å². The molecule has 1 saturated carbocycles. The highest BCUT2D eigenvalue weighted by molar-refractivity contribution is 4.84. The first-order chi connectivity index (χ1) is 5.97. The molecule has 0 bridgehead atoms. The molecule has 0 amide bonds. The van der Waals surface area contributed by atoms with Gasteiger partial charge in [-0.3, -0.25) is 4.90 Å². The van der Waals surface area contributed by atoms with Crippen molar-refractivity contribution in [2.24, 2.45) is 0 Å². The van der Waals surface area contributed by atoms with Gasteiger partial charge in [-0.2, -0.15) is 0 Å². The van der Waals surface area contributed by atoms with Crippen LogP contribution in [-0.4, -0.2) is 37.2 Å². The molecule has 0 spiro atoms. The molecule has 2 heteroatoms. The molecule has 1 atom stereocenters. The van der Waals surface area contributed by atoms with E-state index in [0.717, 1.165) is 32.3 Å². The average Bonchev–Trinajstić information content (AvgIpc) is 2.21. The predicted molar refractivity (Wildman–Crippen MR) is 48.9 cm³/mol. The molecular weight excluding hydrogens is 150 g/mol. The van der Waals surface area contributed by atoms with Gasteiger partial charge in [-0.25, -0.2) is 0 Å². The Morgan fingerprint density at radius 2 is 2.08 bits per heavy atom. The minimum absolute atomic E-state index is 0.836. The minimum Gasteiger partial charge on any atom is -0.379 e. The van der Waals surface area contributed by atoms with E-state index >= 15 is 0 Å². The molecule has 0 N–H and O–H groups in total. The van der Waals surface area contributed by atoms with E-state index in [-0.39, 0.29) is 0 Å². The number of rotatable bonds is 1. The Morgan fingerprint density at radius 1 is 1.25 bits per heavy atom. The standard InChI is InChI=1S/C10H18NO/c1-2-4-10(5-3-1)11-6-8-12-9-7-11/h2,10H,1,3-9H2. The number of ether oxygens (including phenoxy) is 1. The van der Waals surface area contributed by atoms with Crippen LogP contribution in [0.4, 0.5) is 0 Å². The lowest BCUT2D eigenvalue weighted by Crippen LogP contribution is -2.44. The first-order valence-corrected chi connectivity index (χ1v) is 5.10. The molecule has 2 nitrogen and oxygen atoms in total. The summed E-state index contributed by atoms with van der Waals surface area (Å²) >= 11 is 0. The van der Waals surface area contributed by atoms with Gasteiger partial charge in [-0.05, 0) is 19.3 Å². The Hall–Kier alpha value is -0.0800. The van der Waals surface area contributed by atoms with E-state index in [0.29, 0.717) is 0 Å². The maximum atomic E-state index is 5.34. The highest BCUT2D eigenvalue weighted by atomic mass is 16.5. The van der Waals surface area contributed by atoms with Crippen LogP contribution in [0.5, 0.6) is 0 Å². The summed E-state index contributed by atoms with van der Waals surface area (Å²) in [5.41, 5.74) is 0. The zero-order chi connectivity index (χ0) is 8.23. The van der Waals surface area contributed by atoms with Gasteiger partial charge in [-0.1, -0.05) is 12.8 Å². The summed E-state index contributed by atoms with van der Waals surface area (Å²) in [5, 5.41) is 0. The SMILES string of the molecule is [CH]1CCCC(N2CCOCC2)C1. The molecule has 1 aliphatic heterocycles. The van der Waals surface area contributed by atoms with Crippen molar-refractivity contribution in [1.82, 2.24) is 4.90 Å². The summed E-state index contributed by atoms with van der Waals surface area (Å²) in [5.74, 6) is 0. The van der Waals surface area contributed by atoms with Gasteiger partial charge in [0.15, 0.2) is 0 Å².